The zero-order valence-corrected chi connectivity index (χ0v) is 12.9. The van der Waals surface area contributed by atoms with Gasteiger partial charge in [-0.3, -0.25) is 14.2 Å². The number of carbonyl (C=O) groups excluding carboxylic acids is 1. The van der Waals surface area contributed by atoms with E-state index in [2.05, 4.69) is 15.1 Å². The van der Waals surface area contributed by atoms with E-state index in [0.29, 0.717) is 17.1 Å². The van der Waals surface area contributed by atoms with Crippen molar-refractivity contribution in [3.8, 4) is 0 Å². The topological polar surface area (TPSA) is 93.1 Å². The fourth-order valence-corrected chi connectivity index (χ4v) is 3.00. The molecule has 3 rings (SSSR count). The molecule has 0 unspecified atom stereocenters. The quantitative estimate of drug-likeness (QED) is 0.892. The van der Waals surface area contributed by atoms with Gasteiger partial charge in [0.1, 0.15) is 0 Å². The van der Waals surface area contributed by atoms with Crippen molar-refractivity contribution in [2.45, 2.75) is 19.4 Å². The maximum absolute atomic E-state index is 12.2. The zero-order chi connectivity index (χ0) is 15.7. The molecule has 2 N–H and O–H groups in total. The Morgan fingerprint density at radius 1 is 1.32 bits per heavy atom. The van der Waals surface area contributed by atoms with Crippen LogP contribution in [0.25, 0.3) is 0 Å². The number of sulfonamides is 1. The van der Waals surface area contributed by atoms with Crippen LogP contribution < -0.4 is 10.0 Å². The molecule has 8 heteroatoms. The summed E-state index contributed by atoms with van der Waals surface area (Å²) in [6.07, 6.45) is 3.11. The summed E-state index contributed by atoms with van der Waals surface area (Å²) >= 11 is 0. The van der Waals surface area contributed by atoms with Crippen LogP contribution in [0.2, 0.25) is 0 Å². The van der Waals surface area contributed by atoms with Gasteiger partial charge >= 0.3 is 0 Å². The fraction of sp³-hybridized carbons (Fsp3) is 0.286. The van der Waals surface area contributed by atoms with Gasteiger partial charge in [-0.15, -0.1) is 0 Å². The van der Waals surface area contributed by atoms with Crippen LogP contribution in [0.3, 0.4) is 0 Å². The number of anilines is 2. The summed E-state index contributed by atoms with van der Waals surface area (Å²) in [7, 11) is -3.37. The molecule has 0 saturated heterocycles. The largest absolute Gasteiger partial charge is 0.305 e. The van der Waals surface area contributed by atoms with Crippen molar-refractivity contribution in [3.63, 3.8) is 0 Å². The molecule has 0 fully saturated rings. The fourth-order valence-electron chi connectivity index (χ4n) is 2.45. The van der Waals surface area contributed by atoms with Crippen LogP contribution in [0.1, 0.15) is 22.5 Å². The molecule has 0 radical (unpaired) electrons. The van der Waals surface area contributed by atoms with Gasteiger partial charge in [0.05, 0.1) is 6.26 Å². The number of amides is 1. The summed E-state index contributed by atoms with van der Waals surface area (Å²) in [5, 5.41) is 7.04. The number of hydrogen-bond acceptors (Lipinski definition) is 4. The normalized spacial score (nSPS) is 13.7. The number of fused-ring (bicyclic) bond motifs is 1. The van der Waals surface area contributed by atoms with E-state index in [1.807, 2.05) is 10.7 Å². The first-order chi connectivity index (χ1) is 10.4. The summed E-state index contributed by atoms with van der Waals surface area (Å²) in [6, 6.07) is 8.18. The van der Waals surface area contributed by atoms with Crippen molar-refractivity contribution >= 4 is 27.4 Å². The highest BCUT2D eigenvalue weighted by molar-refractivity contribution is 7.92. The van der Waals surface area contributed by atoms with Gasteiger partial charge in [-0.1, -0.05) is 6.07 Å². The highest BCUT2D eigenvalue weighted by Crippen LogP contribution is 2.19. The first kappa shape index (κ1) is 14.6. The molecule has 2 aromatic rings. The minimum absolute atomic E-state index is 0.325. The van der Waals surface area contributed by atoms with Gasteiger partial charge in [-0.05, 0) is 31.0 Å². The molecular formula is C14H16N4O3S. The molecule has 7 nitrogen and oxygen atoms in total. The smallest absolute Gasteiger partial charge is 0.256 e. The van der Waals surface area contributed by atoms with Crippen LogP contribution in [-0.2, 0) is 23.0 Å². The van der Waals surface area contributed by atoms with Crippen molar-refractivity contribution in [2.24, 2.45) is 0 Å². The molecule has 1 aliphatic heterocycles. The van der Waals surface area contributed by atoms with E-state index in [9.17, 15) is 13.2 Å². The number of hydrogen-bond donors (Lipinski definition) is 2. The first-order valence-corrected chi connectivity index (χ1v) is 8.76. The maximum atomic E-state index is 12.2. The molecule has 116 valence electrons. The second kappa shape index (κ2) is 5.45. The monoisotopic (exact) mass is 320 g/mol. The van der Waals surface area contributed by atoms with Crippen molar-refractivity contribution in [2.75, 3.05) is 16.3 Å². The van der Waals surface area contributed by atoms with E-state index in [0.717, 1.165) is 31.3 Å². The number of aromatic nitrogens is 2. The van der Waals surface area contributed by atoms with E-state index in [-0.39, 0.29) is 5.91 Å². The van der Waals surface area contributed by atoms with Gasteiger partial charge < -0.3 is 5.32 Å². The molecule has 2 heterocycles. The highest BCUT2D eigenvalue weighted by atomic mass is 32.2. The van der Waals surface area contributed by atoms with Crippen molar-refractivity contribution in [1.82, 2.24) is 9.78 Å². The van der Waals surface area contributed by atoms with Gasteiger partial charge in [0.2, 0.25) is 10.0 Å². The second-order valence-corrected chi connectivity index (χ2v) is 7.01. The number of benzene rings is 1. The molecule has 1 aromatic carbocycles. The number of rotatable bonds is 4. The molecule has 1 amide bonds. The van der Waals surface area contributed by atoms with Crippen molar-refractivity contribution in [1.29, 1.82) is 0 Å². The summed E-state index contributed by atoms with van der Waals surface area (Å²) in [5.41, 5.74) is 1.83. The summed E-state index contributed by atoms with van der Waals surface area (Å²) in [4.78, 5) is 12.2. The molecular weight excluding hydrogens is 304 g/mol. The molecule has 0 bridgehead atoms. The SMILES string of the molecule is CS(=O)(=O)Nc1cccc(C(=O)Nc2cc3n(n2)CCC3)c1. The number of aryl methyl sites for hydroxylation is 2. The maximum Gasteiger partial charge on any atom is 0.256 e. The molecule has 1 aliphatic rings. The minimum atomic E-state index is -3.37. The average Bonchev–Trinajstić information content (AvgIpc) is 2.97. The molecule has 0 saturated carbocycles. The predicted octanol–water partition coefficient (Wildman–Crippen LogP) is 1.45. The zero-order valence-electron chi connectivity index (χ0n) is 12.0. The lowest BCUT2D eigenvalue weighted by Gasteiger charge is -2.06. The number of carbonyl (C=O) groups is 1. The van der Waals surface area contributed by atoms with Crippen LogP contribution in [0.15, 0.2) is 30.3 Å². The summed E-state index contributed by atoms with van der Waals surface area (Å²) in [6.45, 7) is 0.874. The molecule has 1 aromatic heterocycles. The standard InChI is InChI=1S/C14H16N4O3S/c1-22(20,21)17-11-5-2-4-10(8-11)14(19)15-13-9-12-6-3-7-18(12)16-13/h2,4-5,8-9,17H,3,6-7H2,1H3,(H,15,16,19). The van der Waals surface area contributed by atoms with Crippen LogP contribution in [0, 0.1) is 0 Å². The molecule has 0 spiro atoms. The van der Waals surface area contributed by atoms with Crippen LogP contribution in [-0.4, -0.2) is 30.4 Å². The van der Waals surface area contributed by atoms with Crippen molar-refractivity contribution < 1.29 is 13.2 Å². The van der Waals surface area contributed by atoms with E-state index >= 15 is 0 Å². The third-order valence-electron chi connectivity index (χ3n) is 3.34. The van der Waals surface area contributed by atoms with E-state index < -0.39 is 10.0 Å². The Bertz CT molecular complexity index is 805. The van der Waals surface area contributed by atoms with Gasteiger partial charge in [0.15, 0.2) is 5.82 Å². The minimum Gasteiger partial charge on any atom is -0.305 e. The van der Waals surface area contributed by atoms with E-state index in [1.54, 1.807) is 18.2 Å². The Morgan fingerprint density at radius 3 is 2.86 bits per heavy atom. The Balaban J connectivity index is 1.75. The van der Waals surface area contributed by atoms with Gasteiger partial charge in [-0.2, -0.15) is 5.10 Å². The number of nitrogens with zero attached hydrogens (tertiary/aromatic N) is 2. The Morgan fingerprint density at radius 2 is 2.14 bits per heavy atom. The average molecular weight is 320 g/mol. The van der Waals surface area contributed by atoms with Crippen LogP contribution >= 0.6 is 0 Å². The number of nitrogens with one attached hydrogen (secondary N) is 2. The van der Waals surface area contributed by atoms with Gasteiger partial charge in [0.25, 0.3) is 5.91 Å². The molecule has 0 atom stereocenters. The first-order valence-electron chi connectivity index (χ1n) is 6.87. The van der Waals surface area contributed by atoms with Crippen LogP contribution in [0.4, 0.5) is 11.5 Å². The third-order valence-corrected chi connectivity index (χ3v) is 3.94. The lowest BCUT2D eigenvalue weighted by atomic mass is 10.2. The van der Waals surface area contributed by atoms with Gasteiger partial charge in [0, 0.05) is 29.6 Å². The van der Waals surface area contributed by atoms with Gasteiger partial charge in [-0.25, -0.2) is 8.42 Å². The third kappa shape index (κ3) is 3.28. The predicted molar refractivity (Wildman–Crippen MR) is 83.4 cm³/mol. The highest BCUT2D eigenvalue weighted by Gasteiger charge is 2.15. The lowest BCUT2D eigenvalue weighted by molar-refractivity contribution is 0.102. The summed E-state index contributed by atoms with van der Waals surface area (Å²) < 4.78 is 26.7. The molecule has 22 heavy (non-hydrogen) atoms. The summed E-state index contributed by atoms with van der Waals surface area (Å²) in [5.74, 6) is 0.190. The van der Waals surface area contributed by atoms with Crippen molar-refractivity contribution in [3.05, 3.63) is 41.6 Å². The van der Waals surface area contributed by atoms with E-state index in [1.165, 1.54) is 6.07 Å². The van der Waals surface area contributed by atoms with Crippen LogP contribution in [0.5, 0.6) is 0 Å². The Labute approximate surface area is 128 Å². The lowest BCUT2D eigenvalue weighted by Crippen LogP contribution is -2.14. The second-order valence-electron chi connectivity index (χ2n) is 5.26. The Hall–Kier alpha value is -2.35. The van der Waals surface area contributed by atoms with E-state index in [4.69, 9.17) is 0 Å². The molecule has 0 aliphatic carbocycles. The Kier molecular flexibility index (Phi) is 3.61.